The molecular weight excluding hydrogens is 234 g/mol. The van der Waals surface area contributed by atoms with Crippen LogP contribution >= 0.6 is 0 Å². The molecule has 0 aliphatic heterocycles. The fraction of sp³-hybridized carbons (Fsp3) is 0.647. The van der Waals surface area contributed by atoms with E-state index in [2.05, 4.69) is 57.3 Å². The zero-order valence-corrected chi connectivity index (χ0v) is 12.9. The van der Waals surface area contributed by atoms with E-state index in [4.69, 9.17) is 5.11 Å². The lowest BCUT2D eigenvalue weighted by Crippen LogP contribution is -2.33. The highest BCUT2D eigenvalue weighted by Crippen LogP contribution is 2.25. The third kappa shape index (κ3) is 4.96. The first-order chi connectivity index (χ1) is 9.01. The van der Waals surface area contributed by atoms with Crippen molar-refractivity contribution < 1.29 is 5.11 Å². The molecule has 1 unspecified atom stereocenters. The van der Waals surface area contributed by atoms with Crippen LogP contribution in [-0.4, -0.2) is 24.8 Å². The van der Waals surface area contributed by atoms with Crippen molar-refractivity contribution in [2.45, 2.75) is 51.9 Å². The predicted octanol–water partition coefficient (Wildman–Crippen LogP) is 3.45. The van der Waals surface area contributed by atoms with Crippen LogP contribution in [0.15, 0.2) is 24.3 Å². The number of aliphatic hydroxyl groups is 1. The highest BCUT2D eigenvalue weighted by Gasteiger charge is 2.20. The van der Waals surface area contributed by atoms with Gasteiger partial charge < -0.3 is 10.4 Å². The highest BCUT2D eigenvalue weighted by atomic mass is 16.3. The minimum absolute atomic E-state index is 0.128. The Balaban J connectivity index is 2.62. The fourth-order valence-electron chi connectivity index (χ4n) is 2.21. The maximum Gasteiger partial charge on any atom is 0.0443 e. The standard InChI is InChI=1S/C17H29NO/c1-5-14(2)15-7-9-16(10-8-15)17(3,4)13-18-11-6-12-19/h7-10,14,18-19H,5-6,11-13H2,1-4H3. The van der Waals surface area contributed by atoms with Crippen molar-refractivity contribution in [2.75, 3.05) is 19.7 Å². The van der Waals surface area contributed by atoms with Gasteiger partial charge in [-0.25, -0.2) is 0 Å². The molecule has 0 amide bonds. The molecular formula is C17H29NO. The molecule has 0 fully saturated rings. The third-order valence-electron chi connectivity index (χ3n) is 3.95. The van der Waals surface area contributed by atoms with E-state index in [1.807, 2.05) is 0 Å². The summed E-state index contributed by atoms with van der Waals surface area (Å²) in [6.07, 6.45) is 2.01. The number of nitrogens with one attached hydrogen (secondary N) is 1. The van der Waals surface area contributed by atoms with E-state index >= 15 is 0 Å². The van der Waals surface area contributed by atoms with Gasteiger partial charge in [0.1, 0.15) is 0 Å². The molecule has 2 heteroatoms. The van der Waals surface area contributed by atoms with Crippen molar-refractivity contribution in [3.63, 3.8) is 0 Å². The maximum atomic E-state index is 8.78. The molecule has 0 aromatic heterocycles. The molecule has 1 atom stereocenters. The lowest BCUT2D eigenvalue weighted by molar-refractivity contribution is 0.284. The second-order valence-corrected chi connectivity index (χ2v) is 6.07. The van der Waals surface area contributed by atoms with Gasteiger partial charge in [0, 0.05) is 18.6 Å². The van der Waals surface area contributed by atoms with Crippen molar-refractivity contribution in [1.29, 1.82) is 0 Å². The number of rotatable bonds is 8. The van der Waals surface area contributed by atoms with E-state index < -0.39 is 0 Å². The summed E-state index contributed by atoms with van der Waals surface area (Å²) >= 11 is 0. The number of hydrogen-bond acceptors (Lipinski definition) is 2. The van der Waals surface area contributed by atoms with Gasteiger partial charge >= 0.3 is 0 Å². The van der Waals surface area contributed by atoms with Gasteiger partial charge in [-0.1, -0.05) is 52.0 Å². The smallest absolute Gasteiger partial charge is 0.0443 e. The zero-order chi connectivity index (χ0) is 14.3. The van der Waals surface area contributed by atoms with Crippen LogP contribution < -0.4 is 5.32 Å². The van der Waals surface area contributed by atoms with Crippen molar-refractivity contribution >= 4 is 0 Å². The Morgan fingerprint density at radius 3 is 2.37 bits per heavy atom. The largest absolute Gasteiger partial charge is 0.396 e. The molecule has 0 bridgehead atoms. The monoisotopic (exact) mass is 263 g/mol. The zero-order valence-electron chi connectivity index (χ0n) is 12.9. The summed E-state index contributed by atoms with van der Waals surface area (Å²) in [5, 5.41) is 12.2. The summed E-state index contributed by atoms with van der Waals surface area (Å²) in [6, 6.07) is 9.04. The Morgan fingerprint density at radius 2 is 1.84 bits per heavy atom. The molecule has 2 nitrogen and oxygen atoms in total. The highest BCUT2D eigenvalue weighted by molar-refractivity contribution is 5.30. The van der Waals surface area contributed by atoms with Crippen molar-refractivity contribution in [2.24, 2.45) is 0 Å². The van der Waals surface area contributed by atoms with Crippen LogP contribution in [-0.2, 0) is 5.41 Å². The van der Waals surface area contributed by atoms with Crippen molar-refractivity contribution in [1.82, 2.24) is 5.32 Å². The molecule has 0 radical (unpaired) electrons. The SMILES string of the molecule is CCC(C)c1ccc(C(C)(C)CNCCCO)cc1. The van der Waals surface area contributed by atoms with Gasteiger partial charge in [-0.2, -0.15) is 0 Å². The summed E-state index contributed by atoms with van der Waals surface area (Å²) in [5.41, 5.74) is 2.93. The number of hydrogen-bond donors (Lipinski definition) is 2. The van der Waals surface area contributed by atoms with Gasteiger partial charge in [-0.05, 0) is 36.4 Å². The minimum Gasteiger partial charge on any atom is -0.396 e. The Kier molecular flexibility index (Phi) is 6.53. The molecule has 1 aromatic carbocycles. The van der Waals surface area contributed by atoms with Crippen LogP contribution in [0.25, 0.3) is 0 Å². The Hall–Kier alpha value is -0.860. The molecule has 19 heavy (non-hydrogen) atoms. The van der Waals surface area contributed by atoms with Crippen LogP contribution in [0, 0.1) is 0 Å². The number of benzene rings is 1. The van der Waals surface area contributed by atoms with E-state index in [9.17, 15) is 0 Å². The normalized spacial score (nSPS) is 13.5. The molecule has 0 saturated carbocycles. The molecule has 0 saturated heterocycles. The minimum atomic E-state index is 0.128. The first-order valence-corrected chi connectivity index (χ1v) is 7.43. The Bertz CT molecular complexity index is 356. The van der Waals surface area contributed by atoms with E-state index in [0.717, 1.165) is 19.5 Å². The molecule has 0 aliphatic rings. The van der Waals surface area contributed by atoms with Crippen LogP contribution in [0.3, 0.4) is 0 Å². The predicted molar refractivity (Wildman–Crippen MR) is 82.7 cm³/mol. The molecule has 2 N–H and O–H groups in total. The summed E-state index contributed by atoms with van der Waals surface area (Å²) < 4.78 is 0. The van der Waals surface area contributed by atoms with Crippen LogP contribution in [0.4, 0.5) is 0 Å². The van der Waals surface area contributed by atoms with Crippen LogP contribution in [0.2, 0.25) is 0 Å². The summed E-state index contributed by atoms with van der Waals surface area (Å²) in [5.74, 6) is 0.639. The lowest BCUT2D eigenvalue weighted by atomic mass is 9.83. The van der Waals surface area contributed by atoms with Crippen molar-refractivity contribution in [3.05, 3.63) is 35.4 Å². The first-order valence-electron chi connectivity index (χ1n) is 7.43. The van der Waals surface area contributed by atoms with Crippen molar-refractivity contribution in [3.8, 4) is 0 Å². The average Bonchev–Trinajstić information content (AvgIpc) is 2.43. The first kappa shape index (κ1) is 16.2. The van der Waals surface area contributed by atoms with Gasteiger partial charge in [0.05, 0.1) is 0 Å². The average molecular weight is 263 g/mol. The fourth-order valence-corrected chi connectivity index (χ4v) is 2.21. The van der Waals surface area contributed by atoms with E-state index in [-0.39, 0.29) is 12.0 Å². The third-order valence-corrected chi connectivity index (χ3v) is 3.95. The van der Waals surface area contributed by atoms with Gasteiger partial charge in [0.15, 0.2) is 0 Å². The molecule has 1 aromatic rings. The topological polar surface area (TPSA) is 32.3 Å². The molecule has 0 heterocycles. The Labute approximate surface area is 118 Å². The van der Waals surface area contributed by atoms with E-state index in [0.29, 0.717) is 5.92 Å². The second kappa shape index (κ2) is 7.66. The summed E-state index contributed by atoms with van der Waals surface area (Å²) in [6.45, 7) is 11.1. The van der Waals surface area contributed by atoms with Gasteiger partial charge in [-0.15, -0.1) is 0 Å². The molecule has 108 valence electrons. The second-order valence-electron chi connectivity index (χ2n) is 6.07. The van der Waals surface area contributed by atoms with Gasteiger partial charge in [-0.3, -0.25) is 0 Å². The van der Waals surface area contributed by atoms with E-state index in [1.54, 1.807) is 0 Å². The van der Waals surface area contributed by atoms with Gasteiger partial charge in [0.2, 0.25) is 0 Å². The Morgan fingerprint density at radius 1 is 1.21 bits per heavy atom. The summed E-state index contributed by atoms with van der Waals surface area (Å²) in [4.78, 5) is 0. The maximum absolute atomic E-state index is 8.78. The quantitative estimate of drug-likeness (QED) is 0.704. The summed E-state index contributed by atoms with van der Waals surface area (Å²) in [7, 11) is 0. The van der Waals surface area contributed by atoms with Gasteiger partial charge in [0.25, 0.3) is 0 Å². The molecule has 0 aliphatic carbocycles. The van der Waals surface area contributed by atoms with E-state index in [1.165, 1.54) is 17.5 Å². The molecule has 0 spiro atoms. The number of aliphatic hydroxyl groups excluding tert-OH is 1. The van der Waals surface area contributed by atoms with Crippen LogP contribution in [0.1, 0.15) is 57.6 Å². The molecule has 1 rings (SSSR count). The van der Waals surface area contributed by atoms with Crippen LogP contribution in [0.5, 0.6) is 0 Å². The lowest BCUT2D eigenvalue weighted by Gasteiger charge is -2.26.